The quantitative estimate of drug-likeness (QED) is 0.0368. The van der Waals surface area contributed by atoms with Crippen LogP contribution in [-0.4, -0.2) is 190 Å². The molecule has 0 amide bonds. The van der Waals surface area contributed by atoms with Crippen LogP contribution in [0.1, 0.15) is 149 Å². The summed E-state index contributed by atoms with van der Waals surface area (Å²) in [5.74, 6) is 4.70. The van der Waals surface area contributed by atoms with Crippen LogP contribution in [0.5, 0.6) is 28.7 Å². The number of carbonyl (C=O) groups excluding carboxylic acids is 4. The number of para-hydroxylation sites is 4. The fourth-order valence-electron chi connectivity index (χ4n) is 18.5. The molecule has 4 aliphatic rings. The zero-order valence-corrected chi connectivity index (χ0v) is 78.0. The predicted octanol–water partition coefficient (Wildman–Crippen LogP) is 22.9. The summed E-state index contributed by atoms with van der Waals surface area (Å²) in [7, 11) is 3.37. The average molecular weight is 1810 g/mol. The van der Waals surface area contributed by atoms with Crippen molar-refractivity contribution in [3.63, 3.8) is 0 Å². The molecular formula is C106H121Cl4N9O9. The number of hydrogen-bond acceptors (Lipinski definition) is 14. The minimum Gasteiger partial charge on any atom is -0.495 e. The predicted molar refractivity (Wildman–Crippen MR) is 521 cm³/mol. The number of rotatable bonds is 32. The molecule has 4 fully saturated rings. The van der Waals surface area contributed by atoms with Crippen molar-refractivity contribution in [2.24, 2.45) is 0 Å². The second-order valence-electron chi connectivity index (χ2n) is 34.4. The van der Waals surface area contributed by atoms with Gasteiger partial charge in [0, 0.05) is 193 Å². The van der Waals surface area contributed by atoms with Gasteiger partial charge in [0.25, 0.3) is 0 Å². The number of piperidine rings is 3. The van der Waals surface area contributed by atoms with Crippen LogP contribution in [0.4, 0.5) is 0 Å². The Balaban J connectivity index is 0.000000139. The molecule has 22 heteroatoms. The topological polar surface area (TPSA) is 150 Å². The molecule has 18 nitrogen and oxygen atoms in total. The number of fused-ring (bicyclic) bond motifs is 4. The molecule has 0 N–H and O–H groups in total. The molecule has 4 saturated heterocycles. The van der Waals surface area contributed by atoms with Crippen molar-refractivity contribution in [1.82, 2.24) is 42.8 Å². The zero-order chi connectivity index (χ0) is 89.6. The number of likely N-dealkylation sites (tertiary alicyclic amines) is 3. The molecule has 0 spiro atoms. The second kappa shape index (κ2) is 45.8. The molecule has 4 aliphatic heterocycles. The number of aromatic nitrogens is 4. The minimum atomic E-state index is 0.0915. The van der Waals surface area contributed by atoms with Gasteiger partial charge >= 0.3 is 0 Å². The van der Waals surface area contributed by atoms with E-state index in [-0.39, 0.29) is 41.4 Å². The number of halogens is 4. The summed E-state index contributed by atoms with van der Waals surface area (Å²) in [5.41, 5.74) is 12.4. The van der Waals surface area contributed by atoms with Crippen LogP contribution in [0.15, 0.2) is 225 Å². The highest BCUT2D eigenvalue weighted by atomic mass is 35.5. The van der Waals surface area contributed by atoms with Gasteiger partial charge in [-0.2, -0.15) is 0 Å². The third-order valence-electron chi connectivity index (χ3n) is 25.2. The molecule has 672 valence electrons. The number of Topliss-reactive ketones (excluding diaryl/α,β-unsaturated/α-hetero) is 4. The van der Waals surface area contributed by atoms with Crippen molar-refractivity contribution >= 4 is 113 Å². The van der Waals surface area contributed by atoms with Crippen LogP contribution in [0.2, 0.25) is 20.1 Å². The molecule has 128 heavy (non-hydrogen) atoms. The van der Waals surface area contributed by atoms with E-state index >= 15 is 0 Å². The Bertz CT molecular complexity index is 5860. The van der Waals surface area contributed by atoms with Crippen molar-refractivity contribution in [2.75, 3.05) is 106 Å². The smallest absolute Gasteiger partial charge is 0.169 e. The largest absolute Gasteiger partial charge is 0.495 e. The van der Waals surface area contributed by atoms with E-state index in [1.165, 1.54) is 27.7 Å². The molecule has 13 aromatic rings. The third-order valence-corrected chi connectivity index (χ3v) is 26.2. The Hall–Kier alpha value is -10.2. The van der Waals surface area contributed by atoms with Crippen molar-refractivity contribution in [3.8, 4) is 28.7 Å². The molecule has 0 radical (unpaired) electrons. The molecule has 8 heterocycles. The van der Waals surface area contributed by atoms with Crippen LogP contribution in [0, 0.1) is 13.8 Å². The zero-order valence-electron chi connectivity index (χ0n) is 75.0. The number of ether oxygens (including phenoxy) is 5. The molecule has 0 atom stereocenters. The van der Waals surface area contributed by atoms with E-state index in [9.17, 15) is 19.2 Å². The monoisotopic (exact) mass is 1800 g/mol. The van der Waals surface area contributed by atoms with Crippen LogP contribution < -0.4 is 23.7 Å². The number of benzene rings is 9. The Morgan fingerprint density at radius 2 is 0.656 bits per heavy atom. The number of piperazine rings is 1. The SMILES string of the molecule is CC(=O)c1cn(CCCN2CCC(Oc3ccc(Cl)cc3)CC2)c2c(C)cccc12.CC(=O)c1cn(CCCN2CCC(Oc3cccc(Cl)c3)CC2)c2c(C)cccc12.COc1cccc2c(C(=O)Cc3ccccc3)cn(CCCN3CCC(Oc4cccc(Cl)c4)CC3)c12.COc1cccc2c(C(C)=O)cn(CCCN3CCN(Cc4ccc(Cl)cc4)CC3)c12. The number of nitrogens with zero attached hydrogens (tertiary/aromatic N) is 9. The van der Waals surface area contributed by atoms with Gasteiger partial charge in [-0.25, -0.2) is 0 Å². The molecule has 17 rings (SSSR count). The van der Waals surface area contributed by atoms with E-state index < -0.39 is 0 Å². The fraction of sp³-hybridized carbons (Fsp3) is 0.377. The maximum atomic E-state index is 13.3. The van der Waals surface area contributed by atoms with E-state index in [0.29, 0.717) is 16.5 Å². The van der Waals surface area contributed by atoms with E-state index in [1.807, 2.05) is 189 Å². The summed E-state index contributed by atoms with van der Waals surface area (Å²) < 4.78 is 38.5. The van der Waals surface area contributed by atoms with Crippen molar-refractivity contribution < 1.29 is 42.9 Å². The van der Waals surface area contributed by atoms with E-state index in [4.69, 9.17) is 70.1 Å². The van der Waals surface area contributed by atoms with Gasteiger partial charge in [-0.1, -0.05) is 162 Å². The molecule has 0 bridgehead atoms. The summed E-state index contributed by atoms with van der Waals surface area (Å²) in [5, 5.41) is 7.01. The van der Waals surface area contributed by atoms with Gasteiger partial charge in [0.05, 0.1) is 36.3 Å². The summed E-state index contributed by atoms with van der Waals surface area (Å²) >= 11 is 24.1. The fourth-order valence-corrected chi connectivity index (χ4v) is 19.1. The number of hydrogen-bond donors (Lipinski definition) is 0. The lowest BCUT2D eigenvalue weighted by Crippen LogP contribution is -2.46. The number of ketones is 4. The Labute approximate surface area is 774 Å². The number of carbonyl (C=O) groups is 4. The van der Waals surface area contributed by atoms with Crippen LogP contribution in [-0.2, 0) is 39.1 Å². The second-order valence-corrected chi connectivity index (χ2v) is 36.1. The Morgan fingerprint density at radius 3 is 1.05 bits per heavy atom. The van der Waals surface area contributed by atoms with Crippen molar-refractivity contribution in [2.45, 2.75) is 156 Å². The normalized spacial score (nSPS) is 15.3. The standard InChI is InChI=1S/C31H33ClN2O3.C25H30ClN3O2.2C25H29ClN2O2/c1-36-30-13-6-12-27-28(29(35)20-23-8-3-2-4-9-23)22-34(31(27)30)17-7-16-33-18-14-25(15-19-33)37-26-11-5-10-24(32)21-26;1-19(30)23-18-29(25-22(23)5-3-6-24(25)31-2)12-4-11-27-13-15-28(16-14-27)17-20-7-9-21(26)10-8-20;1-18-6-3-9-23-24(19(2)29)17-28(25(18)23)13-5-12-27-14-10-21(11-15-27)30-22-8-4-7-20(26)16-22;1-18-5-3-6-23-24(19(2)29)17-28(25(18)23)14-4-13-27-15-11-22(12-16-27)30-21-9-7-20(26)8-10-21/h2-6,8-13,21-22,25H,7,14-20H2,1H3;3,5-10,18H,4,11-17H2,1-2H3;3-4,6-9,16-17,21H,5,10-15H2,1-2H3;3,5-10,17,22H,4,11-16H2,1-2H3. The first-order chi connectivity index (χ1) is 62.2. The van der Waals surface area contributed by atoms with Gasteiger partial charge in [0.1, 0.15) is 47.1 Å². The third kappa shape index (κ3) is 25.3. The van der Waals surface area contributed by atoms with E-state index in [1.54, 1.807) is 35.0 Å². The first-order valence-corrected chi connectivity index (χ1v) is 46.9. The molecule has 0 unspecified atom stereocenters. The van der Waals surface area contributed by atoms with Crippen LogP contribution >= 0.6 is 46.4 Å². The van der Waals surface area contributed by atoms with Gasteiger partial charge < -0.3 is 61.6 Å². The summed E-state index contributed by atoms with van der Waals surface area (Å²) in [6.07, 6.45) is 19.6. The van der Waals surface area contributed by atoms with Crippen LogP contribution in [0.25, 0.3) is 43.6 Å². The molecule has 0 aliphatic carbocycles. The number of aryl methyl sites for hydroxylation is 6. The van der Waals surface area contributed by atoms with Crippen molar-refractivity contribution in [1.29, 1.82) is 0 Å². The summed E-state index contributed by atoms with van der Waals surface area (Å²) in [4.78, 5) is 62.0. The molecule has 0 saturated carbocycles. The first-order valence-electron chi connectivity index (χ1n) is 45.4. The average Bonchev–Trinajstić information content (AvgIpc) is 1.64. The van der Waals surface area contributed by atoms with Gasteiger partial charge in [-0.05, 0) is 232 Å². The highest BCUT2D eigenvalue weighted by Gasteiger charge is 2.27. The molecular weight excluding hydrogens is 1690 g/mol. The molecule has 9 aromatic carbocycles. The van der Waals surface area contributed by atoms with Crippen molar-refractivity contribution in [3.05, 3.63) is 290 Å². The lowest BCUT2D eigenvalue weighted by atomic mass is 10.0. The lowest BCUT2D eigenvalue weighted by Gasteiger charge is -2.34. The minimum absolute atomic E-state index is 0.0915. The highest BCUT2D eigenvalue weighted by Crippen LogP contribution is 2.36. The number of methoxy groups -OCH3 is 2. The Kier molecular flexibility index (Phi) is 33.6. The first kappa shape index (κ1) is 93.9. The summed E-state index contributed by atoms with van der Waals surface area (Å²) in [6.45, 7) is 28.5. The maximum Gasteiger partial charge on any atom is 0.169 e. The van der Waals surface area contributed by atoms with Gasteiger partial charge in [0.15, 0.2) is 23.1 Å². The van der Waals surface area contributed by atoms with Gasteiger partial charge in [0.2, 0.25) is 0 Å². The van der Waals surface area contributed by atoms with E-state index in [2.05, 4.69) is 93.0 Å². The summed E-state index contributed by atoms with van der Waals surface area (Å²) in [6, 6.07) is 65.2. The van der Waals surface area contributed by atoms with Gasteiger partial charge in [-0.15, -0.1) is 0 Å². The highest BCUT2D eigenvalue weighted by molar-refractivity contribution is 6.31. The maximum absolute atomic E-state index is 13.3. The lowest BCUT2D eigenvalue weighted by molar-refractivity contribution is 0.0987. The van der Waals surface area contributed by atoms with Crippen LogP contribution in [0.3, 0.4) is 0 Å². The van der Waals surface area contributed by atoms with E-state index in [0.717, 1.165) is 288 Å². The van der Waals surface area contributed by atoms with Gasteiger partial charge in [-0.3, -0.25) is 24.1 Å². The Morgan fingerprint density at radius 1 is 0.320 bits per heavy atom. The molecule has 4 aromatic heterocycles.